The molecular formula is C17H15Cl2NO3. The molecule has 0 saturated heterocycles. The third-order valence-corrected chi connectivity index (χ3v) is 3.81. The second-order valence-electron chi connectivity index (χ2n) is 4.80. The van der Waals surface area contributed by atoms with Crippen LogP contribution >= 0.6 is 23.2 Å². The van der Waals surface area contributed by atoms with Crippen molar-refractivity contribution in [3.05, 3.63) is 58.1 Å². The van der Waals surface area contributed by atoms with Gasteiger partial charge in [-0.2, -0.15) is 0 Å². The van der Waals surface area contributed by atoms with Gasteiger partial charge in [0.25, 0.3) is 0 Å². The van der Waals surface area contributed by atoms with Gasteiger partial charge in [0.2, 0.25) is 5.91 Å². The van der Waals surface area contributed by atoms with E-state index < -0.39 is 0 Å². The first-order valence-electron chi connectivity index (χ1n) is 6.92. The highest BCUT2D eigenvalue weighted by molar-refractivity contribution is 6.34. The van der Waals surface area contributed by atoms with E-state index in [1.54, 1.807) is 42.5 Å². The summed E-state index contributed by atoms with van der Waals surface area (Å²) in [5.41, 5.74) is 0.973. The van der Waals surface area contributed by atoms with Crippen molar-refractivity contribution in [2.75, 3.05) is 12.4 Å². The number of rotatable bonds is 6. The Morgan fingerprint density at radius 3 is 2.43 bits per heavy atom. The zero-order valence-electron chi connectivity index (χ0n) is 12.4. The first-order valence-corrected chi connectivity index (χ1v) is 7.68. The Morgan fingerprint density at radius 1 is 1.04 bits per heavy atom. The number of ether oxygens (including phenoxy) is 1. The molecule has 4 nitrogen and oxygen atoms in total. The highest BCUT2D eigenvalue weighted by atomic mass is 35.5. The Kier molecular flexibility index (Phi) is 6.02. The topological polar surface area (TPSA) is 55.4 Å². The molecule has 0 aliphatic heterocycles. The normalized spacial score (nSPS) is 10.2. The Morgan fingerprint density at radius 2 is 1.78 bits per heavy atom. The van der Waals surface area contributed by atoms with Crippen LogP contribution in [-0.4, -0.2) is 18.8 Å². The molecule has 0 saturated carbocycles. The maximum absolute atomic E-state index is 12.1. The quantitative estimate of drug-likeness (QED) is 0.773. The number of anilines is 1. The number of carbonyl (C=O) groups is 2. The number of hydrogen-bond acceptors (Lipinski definition) is 3. The molecule has 0 bridgehead atoms. The highest BCUT2D eigenvalue weighted by Gasteiger charge is 2.12. The van der Waals surface area contributed by atoms with Gasteiger partial charge in [0.05, 0.1) is 17.2 Å². The molecule has 0 aliphatic carbocycles. The Labute approximate surface area is 144 Å². The van der Waals surface area contributed by atoms with Gasteiger partial charge in [-0.1, -0.05) is 35.3 Å². The summed E-state index contributed by atoms with van der Waals surface area (Å²) in [4.78, 5) is 24.0. The van der Waals surface area contributed by atoms with Crippen molar-refractivity contribution in [1.82, 2.24) is 0 Å². The van der Waals surface area contributed by atoms with E-state index in [4.69, 9.17) is 27.9 Å². The highest BCUT2D eigenvalue weighted by Crippen LogP contribution is 2.27. The SMILES string of the molecule is COc1ccc(NC(=O)CCC(=O)c2ccccc2Cl)cc1Cl. The summed E-state index contributed by atoms with van der Waals surface area (Å²) < 4.78 is 5.04. The second-order valence-corrected chi connectivity index (χ2v) is 5.61. The lowest BCUT2D eigenvalue weighted by Gasteiger charge is -2.08. The zero-order valence-corrected chi connectivity index (χ0v) is 13.9. The predicted octanol–water partition coefficient (Wildman–Crippen LogP) is 4.60. The van der Waals surface area contributed by atoms with Crippen LogP contribution in [0.5, 0.6) is 5.75 Å². The predicted molar refractivity (Wildman–Crippen MR) is 91.7 cm³/mol. The lowest BCUT2D eigenvalue weighted by Crippen LogP contribution is -2.13. The summed E-state index contributed by atoms with van der Waals surface area (Å²) in [6, 6.07) is 11.7. The zero-order chi connectivity index (χ0) is 16.8. The second kappa shape index (κ2) is 7.99. The maximum Gasteiger partial charge on any atom is 0.224 e. The molecule has 23 heavy (non-hydrogen) atoms. The van der Waals surface area contributed by atoms with Crippen LogP contribution in [0, 0.1) is 0 Å². The average Bonchev–Trinajstić information content (AvgIpc) is 2.53. The van der Waals surface area contributed by atoms with Crippen molar-refractivity contribution in [1.29, 1.82) is 0 Å². The molecule has 0 aliphatic rings. The summed E-state index contributed by atoms with van der Waals surface area (Å²) in [5, 5.41) is 3.48. The standard InChI is InChI=1S/C17H15Cl2NO3/c1-23-16-8-6-11(10-14(16)19)20-17(22)9-7-15(21)12-4-2-3-5-13(12)18/h2-6,8,10H,7,9H2,1H3,(H,20,22). The fraction of sp³-hybridized carbons (Fsp3) is 0.176. The van der Waals surface area contributed by atoms with Gasteiger partial charge >= 0.3 is 0 Å². The fourth-order valence-corrected chi connectivity index (χ4v) is 2.52. The van der Waals surface area contributed by atoms with Crippen LogP contribution in [0.4, 0.5) is 5.69 Å². The van der Waals surface area contributed by atoms with Gasteiger partial charge in [-0.3, -0.25) is 9.59 Å². The van der Waals surface area contributed by atoms with Crippen molar-refractivity contribution in [2.45, 2.75) is 12.8 Å². The number of amides is 1. The van der Waals surface area contributed by atoms with E-state index in [9.17, 15) is 9.59 Å². The molecule has 0 aromatic heterocycles. The monoisotopic (exact) mass is 351 g/mol. The van der Waals surface area contributed by atoms with E-state index in [2.05, 4.69) is 5.32 Å². The van der Waals surface area contributed by atoms with Gasteiger partial charge in [-0.25, -0.2) is 0 Å². The number of hydrogen-bond donors (Lipinski definition) is 1. The lowest BCUT2D eigenvalue weighted by molar-refractivity contribution is -0.116. The third-order valence-electron chi connectivity index (χ3n) is 3.19. The molecule has 0 fully saturated rings. The van der Waals surface area contributed by atoms with Gasteiger partial charge in [-0.15, -0.1) is 0 Å². The molecule has 0 atom stereocenters. The van der Waals surface area contributed by atoms with Crippen LogP contribution in [-0.2, 0) is 4.79 Å². The summed E-state index contributed by atoms with van der Waals surface area (Å²) >= 11 is 12.0. The van der Waals surface area contributed by atoms with E-state index in [1.807, 2.05) is 0 Å². The molecule has 0 spiro atoms. The molecule has 0 heterocycles. The number of Topliss-reactive ketones (excluding diaryl/α,β-unsaturated/α-hetero) is 1. The van der Waals surface area contributed by atoms with Gasteiger partial charge in [0.1, 0.15) is 5.75 Å². The van der Waals surface area contributed by atoms with Gasteiger partial charge in [-0.05, 0) is 30.3 Å². The van der Waals surface area contributed by atoms with Crippen LogP contribution in [0.25, 0.3) is 0 Å². The summed E-state index contributed by atoms with van der Waals surface area (Å²) in [7, 11) is 1.51. The van der Waals surface area contributed by atoms with Crippen molar-refractivity contribution in [3.8, 4) is 5.75 Å². The average molecular weight is 352 g/mol. The maximum atomic E-state index is 12.1. The van der Waals surface area contributed by atoms with Crippen LogP contribution < -0.4 is 10.1 Å². The van der Waals surface area contributed by atoms with Crippen molar-refractivity contribution in [3.63, 3.8) is 0 Å². The molecule has 2 rings (SSSR count). The minimum Gasteiger partial charge on any atom is -0.495 e. The van der Waals surface area contributed by atoms with E-state index in [0.29, 0.717) is 27.0 Å². The van der Waals surface area contributed by atoms with Gasteiger partial charge in [0.15, 0.2) is 5.78 Å². The molecule has 1 amide bonds. The number of ketones is 1. The number of methoxy groups -OCH3 is 1. The Balaban J connectivity index is 1.91. The van der Waals surface area contributed by atoms with Crippen LogP contribution in [0.3, 0.4) is 0 Å². The van der Waals surface area contributed by atoms with Crippen molar-refractivity contribution in [2.24, 2.45) is 0 Å². The summed E-state index contributed by atoms with van der Waals surface area (Å²) in [6.07, 6.45) is 0.146. The summed E-state index contributed by atoms with van der Waals surface area (Å²) in [6.45, 7) is 0. The largest absolute Gasteiger partial charge is 0.495 e. The molecule has 2 aromatic rings. The minimum absolute atomic E-state index is 0.0632. The van der Waals surface area contributed by atoms with Crippen LogP contribution in [0.15, 0.2) is 42.5 Å². The molecule has 120 valence electrons. The van der Waals surface area contributed by atoms with Gasteiger partial charge < -0.3 is 10.1 Å². The molecule has 6 heteroatoms. The molecule has 1 N–H and O–H groups in total. The molecule has 0 unspecified atom stereocenters. The summed E-state index contributed by atoms with van der Waals surface area (Å²) in [5.74, 6) is 0.0868. The van der Waals surface area contributed by atoms with Gasteiger partial charge in [0, 0.05) is 24.1 Å². The van der Waals surface area contributed by atoms with E-state index in [0.717, 1.165) is 0 Å². The molecule has 2 aromatic carbocycles. The third kappa shape index (κ3) is 4.71. The number of carbonyl (C=O) groups excluding carboxylic acids is 2. The van der Waals surface area contributed by atoms with Crippen molar-refractivity contribution >= 4 is 40.6 Å². The molecular weight excluding hydrogens is 337 g/mol. The van der Waals surface area contributed by atoms with Crippen LogP contribution in [0.2, 0.25) is 10.0 Å². The van der Waals surface area contributed by atoms with E-state index >= 15 is 0 Å². The first kappa shape index (κ1) is 17.3. The number of halogens is 2. The minimum atomic E-state index is -0.272. The Hall–Kier alpha value is -2.04. The fourth-order valence-electron chi connectivity index (χ4n) is 2.02. The van der Waals surface area contributed by atoms with E-state index in [-0.39, 0.29) is 24.5 Å². The smallest absolute Gasteiger partial charge is 0.224 e. The number of nitrogens with one attached hydrogen (secondary N) is 1. The molecule has 0 radical (unpaired) electrons. The first-order chi connectivity index (χ1) is 11.0. The lowest BCUT2D eigenvalue weighted by atomic mass is 10.1. The van der Waals surface area contributed by atoms with Crippen LogP contribution in [0.1, 0.15) is 23.2 Å². The number of benzene rings is 2. The van der Waals surface area contributed by atoms with E-state index in [1.165, 1.54) is 7.11 Å². The Bertz CT molecular complexity index is 732. The van der Waals surface area contributed by atoms with Crippen molar-refractivity contribution < 1.29 is 14.3 Å².